The van der Waals surface area contributed by atoms with Gasteiger partial charge in [0.05, 0.1) is 5.39 Å². The van der Waals surface area contributed by atoms with Gasteiger partial charge in [0.2, 0.25) is 0 Å². The third-order valence-electron chi connectivity index (χ3n) is 2.42. The maximum Gasteiger partial charge on any atom is 0.303 e. The topological polar surface area (TPSA) is 90.9 Å². The van der Waals surface area contributed by atoms with E-state index in [-0.39, 0.29) is 6.42 Å². The summed E-state index contributed by atoms with van der Waals surface area (Å²) in [5, 5.41) is 12.6. The van der Waals surface area contributed by atoms with Crippen molar-refractivity contribution in [2.45, 2.75) is 19.8 Å². The fourth-order valence-corrected chi connectivity index (χ4v) is 1.66. The number of nitrogens with one attached hydrogen (secondary N) is 2. The summed E-state index contributed by atoms with van der Waals surface area (Å²) in [5.41, 5.74) is 1.81. The van der Waals surface area contributed by atoms with Crippen LogP contribution in [0.25, 0.3) is 11.0 Å². The number of hydrogen-bond donors (Lipinski definition) is 3. The summed E-state index contributed by atoms with van der Waals surface area (Å²) in [6.45, 7) is 2.54. The Morgan fingerprint density at radius 2 is 2.35 bits per heavy atom. The van der Waals surface area contributed by atoms with Crippen molar-refractivity contribution >= 4 is 22.8 Å². The number of carboxylic acids is 1. The molecular weight excluding hydrogens is 220 g/mol. The first-order valence-electron chi connectivity index (χ1n) is 5.43. The highest BCUT2D eigenvalue weighted by Gasteiger charge is 2.05. The molecule has 0 saturated heterocycles. The van der Waals surface area contributed by atoms with Crippen LogP contribution in [0, 0.1) is 6.92 Å². The van der Waals surface area contributed by atoms with Crippen molar-refractivity contribution in [2.75, 3.05) is 11.9 Å². The molecule has 2 rings (SSSR count). The highest BCUT2D eigenvalue weighted by Crippen LogP contribution is 2.19. The van der Waals surface area contributed by atoms with Crippen molar-refractivity contribution in [1.29, 1.82) is 0 Å². The summed E-state index contributed by atoms with van der Waals surface area (Å²) < 4.78 is 0. The Hall–Kier alpha value is -2.11. The Kier molecular flexibility index (Phi) is 3.22. The summed E-state index contributed by atoms with van der Waals surface area (Å²) in [6, 6.07) is 1.97. The van der Waals surface area contributed by atoms with Gasteiger partial charge in [-0.15, -0.1) is 0 Å². The van der Waals surface area contributed by atoms with Gasteiger partial charge in [-0.25, -0.2) is 9.97 Å². The molecule has 0 bridgehead atoms. The van der Waals surface area contributed by atoms with E-state index in [1.807, 2.05) is 13.0 Å². The molecule has 0 aromatic carbocycles. The molecule has 0 atom stereocenters. The molecule has 0 fully saturated rings. The molecule has 0 spiro atoms. The lowest BCUT2D eigenvalue weighted by molar-refractivity contribution is -0.137. The lowest BCUT2D eigenvalue weighted by Gasteiger charge is -2.04. The molecule has 90 valence electrons. The molecule has 2 aromatic heterocycles. The van der Waals surface area contributed by atoms with Gasteiger partial charge in [0, 0.05) is 18.7 Å². The molecule has 0 aliphatic heterocycles. The SMILES string of the molecule is Cc1cc2c(NCCCC(=O)O)ncnc2[nH]1. The number of aromatic amines is 1. The van der Waals surface area contributed by atoms with E-state index < -0.39 is 5.97 Å². The summed E-state index contributed by atoms with van der Waals surface area (Å²) in [4.78, 5) is 21.8. The predicted molar refractivity (Wildman–Crippen MR) is 64.0 cm³/mol. The zero-order valence-electron chi connectivity index (χ0n) is 9.53. The minimum Gasteiger partial charge on any atom is -0.481 e. The lowest BCUT2D eigenvalue weighted by atomic mass is 10.3. The second-order valence-electron chi connectivity index (χ2n) is 3.86. The van der Waals surface area contributed by atoms with Crippen molar-refractivity contribution in [3.8, 4) is 0 Å². The fraction of sp³-hybridized carbons (Fsp3) is 0.364. The van der Waals surface area contributed by atoms with E-state index in [2.05, 4.69) is 20.3 Å². The van der Waals surface area contributed by atoms with Gasteiger partial charge in [-0.1, -0.05) is 0 Å². The fourth-order valence-electron chi connectivity index (χ4n) is 1.66. The molecule has 0 saturated carbocycles. The predicted octanol–water partition coefficient (Wildman–Crippen LogP) is 1.54. The molecule has 6 nitrogen and oxygen atoms in total. The van der Waals surface area contributed by atoms with E-state index in [4.69, 9.17) is 5.11 Å². The molecule has 17 heavy (non-hydrogen) atoms. The molecule has 0 aliphatic rings. The lowest BCUT2D eigenvalue weighted by Crippen LogP contribution is -2.06. The van der Waals surface area contributed by atoms with Crippen molar-refractivity contribution in [2.24, 2.45) is 0 Å². The van der Waals surface area contributed by atoms with Crippen LogP contribution in [0.2, 0.25) is 0 Å². The number of fused-ring (bicyclic) bond motifs is 1. The minimum atomic E-state index is -0.780. The number of rotatable bonds is 5. The second-order valence-corrected chi connectivity index (χ2v) is 3.86. The van der Waals surface area contributed by atoms with Crippen molar-refractivity contribution in [3.63, 3.8) is 0 Å². The van der Waals surface area contributed by atoms with Crippen molar-refractivity contribution in [3.05, 3.63) is 18.1 Å². The molecule has 0 aliphatic carbocycles. The van der Waals surface area contributed by atoms with Crippen LogP contribution < -0.4 is 5.32 Å². The highest BCUT2D eigenvalue weighted by molar-refractivity contribution is 5.87. The van der Waals surface area contributed by atoms with Gasteiger partial charge in [-0.05, 0) is 19.4 Å². The van der Waals surface area contributed by atoms with E-state index in [0.717, 1.165) is 22.5 Å². The van der Waals surface area contributed by atoms with E-state index >= 15 is 0 Å². The zero-order chi connectivity index (χ0) is 12.3. The van der Waals surface area contributed by atoms with Gasteiger partial charge >= 0.3 is 5.97 Å². The number of carbonyl (C=O) groups is 1. The number of hydrogen-bond acceptors (Lipinski definition) is 4. The average molecular weight is 234 g/mol. The van der Waals surface area contributed by atoms with Crippen LogP contribution in [-0.2, 0) is 4.79 Å². The van der Waals surface area contributed by atoms with Gasteiger partial charge in [-0.3, -0.25) is 4.79 Å². The van der Waals surface area contributed by atoms with Crippen molar-refractivity contribution < 1.29 is 9.90 Å². The number of anilines is 1. The molecule has 0 radical (unpaired) electrons. The molecule has 2 heterocycles. The van der Waals surface area contributed by atoms with Crippen LogP contribution >= 0.6 is 0 Å². The first kappa shape index (κ1) is 11.4. The summed E-state index contributed by atoms with van der Waals surface area (Å²) >= 11 is 0. The Bertz CT molecular complexity index is 535. The van der Waals surface area contributed by atoms with Gasteiger partial charge in [0.1, 0.15) is 17.8 Å². The number of H-pyrrole nitrogens is 1. The van der Waals surface area contributed by atoms with Crippen LogP contribution in [0.1, 0.15) is 18.5 Å². The van der Waals surface area contributed by atoms with Crippen LogP contribution in [0.3, 0.4) is 0 Å². The average Bonchev–Trinajstić information content (AvgIpc) is 2.65. The van der Waals surface area contributed by atoms with Gasteiger partial charge in [0.15, 0.2) is 0 Å². The van der Waals surface area contributed by atoms with Crippen molar-refractivity contribution in [1.82, 2.24) is 15.0 Å². The molecule has 0 amide bonds. The summed E-state index contributed by atoms with van der Waals surface area (Å²) in [5.74, 6) is -0.0399. The second kappa shape index (κ2) is 4.82. The Labute approximate surface area is 98.1 Å². The Morgan fingerprint density at radius 3 is 3.12 bits per heavy atom. The quantitative estimate of drug-likeness (QED) is 0.683. The van der Waals surface area contributed by atoms with Crippen LogP contribution in [-0.4, -0.2) is 32.6 Å². The Morgan fingerprint density at radius 1 is 1.53 bits per heavy atom. The molecule has 0 unspecified atom stereocenters. The molecule has 3 N–H and O–H groups in total. The number of aromatic nitrogens is 3. The molecular formula is C11H14N4O2. The maximum atomic E-state index is 10.4. The number of aliphatic carboxylic acids is 1. The van der Waals surface area contributed by atoms with E-state index in [1.54, 1.807) is 0 Å². The normalized spacial score (nSPS) is 10.6. The van der Waals surface area contributed by atoms with Crippen LogP contribution in [0.5, 0.6) is 0 Å². The van der Waals surface area contributed by atoms with Gasteiger partial charge in [0.25, 0.3) is 0 Å². The van der Waals surface area contributed by atoms with E-state index in [0.29, 0.717) is 13.0 Å². The number of carboxylic acid groups (broad SMARTS) is 1. The maximum absolute atomic E-state index is 10.4. The highest BCUT2D eigenvalue weighted by atomic mass is 16.4. The molecule has 2 aromatic rings. The monoisotopic (exact) mass is 234 g/mol. The van der Waals surface area contributed by atoms with Crippen LogP contribution in [0.4, 0.5) is 5.82 Å². The Balaban J connectivity index is 2.05. The van der Waals surface area contributed by atoms with Gasteiger partial charge < -0.3 is 15.4 Å². The number of aryl methyl sites for hydroxylation is 1. The number of nitrogens with zero attached hydrogens (tertiary/aromatic N) is 2. The third kappa shape index (κ3) is 2.72. The first-order chi connectivity index (χ1) is 8.16. The van der Waals surface area contributed by atoms with Crippen LogP contribution in [0.15, 0.2) is 12.4 Å². The summed E-state index contributed by atoms with van der Waals surface area (Å²) in [6.07, 6.45) is 2.22. The van der Waals surface area contributed by atoms with E-state index in [9.17, 15) is 4.79 Å². The smallest absolute Gasteiger partial charge is 0.303 e. The largest absolute Gasteiger partial charge is 0.481 e. The molecule has 6 heteroatoms. The van der Waals surface area contributed by atoms with Gasteiger partial charge in [-0.2, -0.15) is 0 Å². The van der Waals surface area contributed by atoms with E-state index in [1.165, 1.54) is 6.33 Å². The standard InChI is InChI=1S/C11H14N4O2/c1-7-5-8-10(12-4-2-3-9(16)17)13-6-14-11(8)15-7/h5-6H,2-4H2,1H3,(H,16,17)(H2,12,13,14,15). The first-order valence-corrected chi connectivity index (χ1v) is 5.43. The summed E-state index contributed by atoms with van der Waals surface area (Å²) in [7, 11) is 0. The zero-order valence-corrected chi connectivity index (χ0v) is 9.53. The minimum absolute atomic E-state index is 0.160. The third-order valence-corrected chi connectivity index (χ3v) is 2.42.